The molecule has 26 rings (SSSR count). The van der Waals surface area contributed by atoms with Crippen molar-refractivity contribution in [3.05, 3.63) is 546 Å². The highest BCUT2D eigenvalue weighted by molar-refractivity contribution is 7.27. The van der Waals surface area contributed by atoms with Gasteiger partial charge >= 0.3 is 0 Å². The molecule has 4 heterocycles. The quantitative estimate of drug-likeness (QED) is 0.0669. The molecule has 142 heavy (non-hydrogen) atoms. The smallest absolute Gasteiger partial charge is 0.135 e. The summed E-state index contributed by atoms with van der Waals surface area (Å²) in [6.45, 7) is 0. The van der Waals surface area contributed by atoms with Gasteiger partial charge in [0.2, 0.25) is 0 Å². The molecular formula is C132H90N6OS3. The molecule has 0 spiro atoms. The van der Waals surface area contributed by atoms with E-state index in [9.17, 15) is 0 Å². The van der Waals surface area contributed by atoms with Crippen molar-refractivity contribution < 1.29 is 4.42 Å². The number of para-hydroxylation sites is 9. The van der Waals surface area contributed by atoms with E-state index in [0.717, 1.165) is 141 Å². The third kappa shape index (κ3) is 16.4. The Hall–Kier alpha value is -17.9. The number of hydrogen-bond acceptors (Lipinski definition) is 10. The number of thiophene rings is 3. The van der Waals surface area contributed by atoms with Crippen molar-refractivity contribution in [3.8, 4) is 44.5 Å². The molecule has 22 aromatic carbocycles. The molecule has 0 radical (unpaired) electrons. The normalized spacial score (nSPS) is 11.4. The zero-order valence-electron chi connectivity index (χ0n) is 77.3. The van der Waals surface area contributed by atoms with E-state index >= 15 is 0 Å². The topological polar surface area (TPSA) is 32.6 Å². The molecule has 0 saturated carbocycles. The third-order valence-corrected chi connectivity index (χ3v) is 30.3. The van der Waals surface area contributed by atoms with Crippen LogP contribution in [0.25, 0.3) is 127 Å². The average Bonchev–Trinajstić information content (AvgIpc) is 1.57. The van der Waals surface area contributed by atoms with Crippen LogP contribution >= 0.6 is 34.0 Å². The van der Waals surface area contributed by atoms with E-state index in [1.165, 1.54) is 88.3 Å². The molecule has 0 unspecified atom stereocenters. The fourth-order valence-electron chi connectivity index (χ4n) is 20.2. The van der Waals surface area contributed by atoms with Crippen molar-refractivity contribution in [2.24, 2.45) is 0 Å². The van der Waals surface area contributed by atoms with Gasteiger partial charge in [-0.2, -0.15) is 0 Å². The van der Waals surface area contributed by atoms with Gasteiger partial charge in [0.05, 0.1) is 32.1 Å². The van der Waals surface area contributed by atoms with E-state index in [2.05, 4.69) is 563 Å². The Bertz CT molecular complexity index is 8960. The molecule has 4 aromatic heterocycles. The van der Waals surface area contributed by atoms with E-state index in [-0.39, 0.29) is 0 Å². The van der Waals surface area contributed by atoms with E-state index in [1.807, 2.05) is 46.1 Å². The third-order valence-electron chi connectivity index (χ3n) is 26.8. The Morgan fingerprint density at radius 1 is 0.141 bits per heavy atom. The summed E-state index contributed by atoms with van der Waals surface area (Å²) in [6, 6.07) is 197. The molecule has 672 valence electrons. The van der Waals surface area contributed by atoms with Gasteiger partial charge in [-0.25, -0.2) is 0 Å². The maximum absolute atomic E-state index is 6.18. The maximum Gasteiger partial charge on any atom is 0.135 e. The lowest BCUT2D eigenvalue weighted by atomic mass is 9.98. The van der Waals surface area contributed by atoms with Crippen molar-refractivity contribution in [2.45, 2.75) is 0 Å². The van der Waals surface area contributed by atoms with E-state index < -0.39 is 0 Å². The Labute approximate surface area is 836 Å². The molecule has 0 N–H and O–H groups in total. The molecule has 0 aliphatic carbocycles. The van der Waals surface area contributed by atoms with Gasteiger partial charge in [-0.15, -0.1) is 34.0 Å². The number of hydrogen-bond donors (Lipinski definition) is 0. The number of rotatable bonds is 22. The summed E-state index contributed by atoms with van der Waals surface area (Å²) in [6.07, 6.45) is 0. The molecule has 26 aromatic rings. The highest BCUT2D eigenvalue weighted by atomic mass is 32.1. The summed E-state index contributed by atoms with van der Waals surface area (Å²) in [5, 5.41) is 9.78. The molecule has 0 saturated heterocycles. The van der Waals surface area contributed by atoms with Crippen molar-refractivity contribution in [1.82, 2.24) is 0 Å². The summed E-state index contributed by atoms with van der Waals surface area (Å²) in [5.74, 6) is 0. The van der Waals surface area contributed by atoms with Gasteiger partial charge in [-0.05, 0) is 257 Å². The largest absolute Gasteiger partial charge is 0.456 e. The molecule has 0 amide bonds. The monoisotopic (exact) mass is 1870 g/mol. The predicted octanol–water partition coefficient (Wildman–Crippen LogP) is 39.9. The zero-order valence-corrected chi connectivity index (χ0v) is 79.7. The van der Waals surface area contributed by atoms with Crippen molar-refractivity contribution in [3.63, 3.8) is 0 Å². The Kier molecular flexibility index (Phi) is 22.9. The summed E-state index contributed by atoms with van der Waals surface area (Å²) in [4.78, 5) is 14.4. The first-order valence-electron chi connectivity index (χ1n) is 48.0. The van der Waals surface area contributed by atoms with Crippen LogP contribution < -0.4 is 29.4 Å². The second-order valence-corrected chi connectivity index (χ2v) is 38.6. The van der Waals surface area contributed by atoms with Crippen LogP contribution in [0.3, 0.4) is 0 Å². The van der Waals surface area contributed by atoms with Gasteiger partial charge in [0, 0.05) is 142 Å². The lowest BCUT2D eigenvalue weighted by Crippen LogP contribution is -2.17. The molecule has 7 nitrogen and oxygen atoms in total. The summed E-state index contributed by atoms with van der Waals surface area (Å²) in [7, 11) is 0. The zero-order chi connectivity index (χ0) is 94.2. The van der Waals surface area contributed by atoms with Crippen LogP contribution in [0.15, 0.2) is 550 Å². The number of nitrogens with zero attached hydrogens (tertiary/aromatic N) is 6. The van der Waals surface area contributed by atoms with Crippen LogP contribution in [-0.4, -0.2) is 0 Å². The maximum atomic E-state index is 6.18. The Morgan fingerprint density at radius 3 is 1.00 bits per heavy atom. The SMILES string of the molecule is c1ccc(-c2ccc(N(c3ccc4c(c3)sc3ccccc34)c3ccc(-c4ccccc4)c4c3sc3cc(N(c5ccccc5)c5cccc(N(c6ccccc6)c6ccccc6)c5)ccc34)cc2)cc1.c1ccc(-c2cccc(N(c3ccc4c(c3)sc3c(N(c5ccccc5)c5ccccc5)cccc34)c3ccccc3N(c3ccccc3)c3ccc(-c4ccc5oc6ccccc6c5c4)cc3)c2)cc1. The van der Waals surface area contributed by atoms with Crippen molar-refractivity contribution in [2.75, 3.05) is 29.4 Å². The summed E-state index contributed by atoms with van der Waals surface area (Å²) >= 11 is 5.58. The van der Waals surface area contributed by atoms with Crippen LogP contribution in [0, 0.1) is 0 Å². The van der Waals surface area contributed by atoms with E-state index in [0.29, 0.717) is 0 Å². The van der Waals surface area contributed by atoms with Crippen LogP contribution in [0.4, 0.5) is 102 Å². The minimum atomic E-state index is 0.895. The van der Waals surface area contributed by atoms with Crippen LogP contribution in [-0.2, 0) is 0 Å². The summed E-state index contributed by atoms with van der Waals surface area (Å²) < 4.78 is 13.7. The second kappa shape index (κ2) is 37.9. The van der Waals surface area contributed by atoms with E-state index in [4.69, 9.17) is 4.42 Å². The summed E-state index contributed by atoms with van der Waals surface area (Å²) in [5.41, 5.74) is 30.8. The van der Waals surface area contributed by atoms with Gasteiger partial charge in [0.1, 0.15) is 11.2 Å². The number of furan rings is 1. The molecule has 0 atom stereocenters. The number of anilines is 18. The molecule has 0 bridgehead atoms. The van der Waals surface area contributed by atoms with Crippen LogP contribution in [0.5, 0.6) is 0 Å². The fourth-order valence-corrected chi connectivity index (χ4v) is 23.9. The first kappa shape index (κ1) is 85.7. The number of benzene rings is 22. The fraction of sp³-hybridized carbons (Fsp3) is 0. The second-order valence-electron chi connectivity index (χ2n) is 35.4. The lowest BCUT2D eigenvalue weighted by molar-refractivity contribution is 0.669. The van der Waals surface area contributed by atoms with Gasteiger partial charge in [-0.1, -0.05) is 334 Å². The minimum Gasteiger partial charge on any atom is -0.456 e. The van der Waals surface area contributed by atoms with Crippen molar-refractivity contribution in [1.29, 1.82) is 0 Å². The van der Waals surface area contributed by atoms with E-state index in [1.54, 1.807) is 0 Å². The highest BCUT2D eigenvalue weighted by Crippen LogP contribution is 2.55. The molecule has 0 aliphatic heterocycles. The predicted molar refractivity (Wildman–Crippen MR) is 609 cm³/mol. The molecule has 0 fully saturated rings. The van der Waals surface area contributed by atoms with Crippen molar-refractivity contribution >= 4 is 219 Å². The Morgan fingerprint density at radius 2 is 0.444 bits per heavy atom. The standard InChI is InChI=1S/C66H45N3OS.C66H45N3S2/c1-5-19-46(20-6-1)48-21-17-28-54(43-48)69(55-40-41-57-58-30-18-33-62(66(58)71-65(57)45-55)68(51-24-9-3-10-25-51)52-26-11-4-12-27-52)61-32-15-14-31-60(61)67(50-22-7-2-8-23-50)53-38-35-47(36-39-53)49-37-42-64-59(44-49)56-29-13-16-34-63(56)70-64;1-6-19-46(20-7-1)47-33-35-52(36-34-47)69(56-37-39-59-58-31-16-17-32-62(58)70-63(59)45-56)61-42-41-57(48-21-8-2-9-22-48)65-60-40-38-55(44-64(60)71-66(61)65)68(51-27-14-5-15-28-51)54-30-18-29-53(43-54)67(49-23-10-3-11-24-49)50-25-12-4-13-26-50/h2*1-45H. The van der Waals surface area contributed by atoms with Gasteiger partial charge in [-0.3, -0.25) is 0 Å². The van der Waals surface area contributed by atoms with Gasteiger partial charge < -0.3 is 33.8 Å². The average molecular weight is 1870 g/mol. The Balaban J connectivity index is 0.000000149. The molecule has 10 heteroatoms. The van der Waals surface area contributed by atoms with Gasteiger partial charge in [0.25, 0.3) is 0 Å². The van der Waals surface area contributed by atoms with Crippen LogP contribution in [0.2, 0.25) is 0 Å². The molecular weight excluding hydrogens is 1780 g/mol. The highest BCUT2D eigenvalue weighted by Gasteiger charge is 2.29. The minimum absolute atomic E-state index is 0.895. The lowest BCUT2D eigenvalue weighted by Gasteiger charge is -2.33. The first-order chi connectivity index (χ1) is 70.4. The van der Waals surface area contributed by atoms with Crippen LogP contribution in [0.1, 0.15) is 0 Å². The number of fused-ring (bicyclic) bond motifs is 12. The molecule has 0 aliphatic rings. The van der Waals surface area contributed by atoms with Gasteiger partial charge in [0.15, 0.2) is 0 Å². The first-order valence-corrected chi connectivity index (χ1v) is 50.4.